The van der Waals surface area contributed by atoms with Crippen molar-refractivity contribution in [2.45, 2.75) is 57.6 Å². The summed E-state index contributed by atoms with van der Waals surface area (Å²) in [5.74, 6) is 7.59. The number of amides is 1. The van der Waals surface area contributed by atoms with Gasteiger partial charge in [-0.15, -0.1) is 0 Å². The van der Waals surface area contributed by atoms with Gasteiger partial charge >= 0.3 is 6.09 Å². The average molecular weight is 503 g/mol. The van der Waals surface area contributed by atoms with Crippen LogP contribution in [0.1, 0.15) is 62.4 Å². The fourth-order valence-corrected chi connectivity index (χ4v) is 5.08. The Morgan fingerprint density at radius 3 is 2.62 bits per heavy atom. The van der Waals surface area contributed by atoms with E-state index in [0.29, 0.717) is 55.4 Å². The van der Waals surface area contributed by atoms with Crippen molar-refractivity contribution in [3.05, 3.63) is 48.0 Å². The largest absolute Gasteiger partial charge is 0.447 e. The van der Waals surface area contributed by atoms with Crippen LogP contribution in [-0.4, -0.2) is 56.8 Å². The monoisotopic (exact) mass is 502 g/mol. The number of fused-ring (bicyclic) bond motifs is 1. The standard InChI is InChI=1S/C28H34N6O3/c29-26-25-27(34(20-30-25)23-10-4-5-11-23)32-24(31-26)12-6-9-21-13-15-33(16-14-21)28(35)37-18-17-36-19-22-7-2-1-3-8-22/h1-3,7-8,20-21,23H,4-5,9-11,13-19H2,(H2,29,31,32). The molecule has 2 aliphatic rings. The van der Waals surface area contributed by atoms with E-state index < -0.39 is 0 Å². The van der Waals surface area contributed by atoms with E-state index in [1.54, 1.807) is 4.90 Å². The fourth-order valence-electron chi connectivity index (χ4n) is 5.08. The molecule has 9 heteroatoms. The van der Waals surface area contributed by atoms with E-state index in [2.05, 4.69) is 31.4 Å². The number of imidazole rings is 1. The van der Waals surface area contributed by atoms with E-state index in [4.69, 9.17) is 15.2 Å². The maximum absolute atomic E-state index is 12.4. The first-order chi connectivity index (χ1) is 18.2. The molecule has 3 aromatic rings. The van der Waals surface area contributed by atoms with Crippen LogP contribution in [0.3, 0.4) is 0 Å². The number of nitrogens with two attached hydrogens (primary N) is 1. The zero-order chi connectivity index (χ0) is 25.5. The molecule has 1 aliphatic heterocycles. The van der Waals surface area contributed by atoms with Crippen LogP contribution in [0.2, 0.25) is 0 Å². The summed E-state index contributed by atoms with van der Waals surface area (Å²) in [4.78, 5) is 27.6. The van der Waals surface area contributed by atoms with Crippen LogP contribution in [0.4, 0.5) is 10.6 Å². The van der Waals surface area contributed by atoms with Gasteiger partial charge in [-0.25, -0.2) is 19.7 Å². The highest BCUT2D eigenvalue weighted by molar-refractivity contribution is 5.82. The second-order valence-electron chi connectivity index (χ2n) is 9.78. The van der Waals surface area contributed by atoms with Crippen LogP contribution in [0.25, 0.3) is 11.2 Å². The molecule has 0 bridgehead atoms. The number of ether oxygens (including phenoxy) is 2. The number of carbonyl (C=O) groups excluding carboxylic acids is 1. The molecule has 5 rings (SSSR count). The molecule has 0 unspecified atom stereocenters. The lowest BCUT2D eigenvalue weighted by atomic mass is 9.94. The van der Waals surface area contributed by atoms with Crippen LogP contribution in [0.5, 0.6) is 0 Å². The van der Waals surface area contributed by atoms with Crippen LogP contribution in [0, 0.1) is 17.8 Å². The molecule has 194 valence electrons. The summed E-state index contributed by atoms with van der Waals surface area (Å²) < 4.78 is 13.1. The van der Waals surface area contributed by atoms with Gasteiger partial charge in [0.1, 0.15) is 12.1 Å². The van der Waals surface area contributed by atoms with Crippen molar-refractivity contribution in [3.8, 4) is 11.8 Å². The second kappa shape index (κ2) is 12.1. The summed E-state index contributed by atoms with van der Waals surface area (Å²) >= 11 is 0. The molecule has 0 radical (unpaired) electrons. The van der Waals surface area contributed by atoms with E-state index in [0.717, 1.165) is 43.3 Å². The maximum Gasteiger partial charge on any atom is 0.409 e. The van der Waals surface area contributed by atoms with Crippen LogP contribution < -0.4 is 5.73 Å². The molecule has 1 saturated carbocycles. The summed E-state index contributed by atoms with van der Waals surface area (Å²) in [6, 6.07) is 10.4. The van der Waals surface area contributed by atoms with Crippen molar-refractivity contribution in [1.29, 1.82) is 0 Å². The number of rotatable bonds is 7. The van der Waals surface area contributed by atoms with Gasteiger partial charge in [-0.1, -0.05) is 49.1 Å². The molecule has 1 aliphatic carbocycles. The van der Waals surface area contributed by atoms with Gasteiger partial charge in [-0.2, -0.15) is 0 Å². The number of benzene rings is 1. The molecule has 9 nitrogen and oxygen atoms in total. The molecule has 2 fully saturated rings. The quantitative estimate of drug-likeness (QED) is 0.378. The molecule has 1 amide bonds. The maximum atomic E-state index is 12.4. The van der Waals surface area contributed by atoms with Gasteiger partial charge < -0.3 is 24.7 Å². The Balaban J connectivity index is 1.05. The van der Waals surface area contributed by atoms with E-state index >= 15 is 0 Å². The van der Waals surface area contributed by atoms with Crippen molar-refractivity contribution in [2.24, 2.45) is 5.92 Å². The van der Waals surface area contributed by atoms with Gasteiger partial charge in [-0.3, -0.25) is 0 Å². The average Bonchev–Trinajstić information content (AvgIpc) is 3.60. The van der Waals surface area contributed by atoms with Gasteiger partial charge in [0.2, 0.25) is 5.82 Å². The Morgan fingerprint density at radius 1 is 1.05 bits per heavy atom. The summed E-state index contributed by atoms with van der Waals surface area (Å²) in [6.45, 7) is 2.50. The highest BCUT2D eigenvalue weighted by Crippen LogP contribution is 2.32. The number of nitrogen functional groups attached to an aromatic ring is 1. The lowest BCUT2D eigenvalue weighted by Gasteiger charge is -2.30. The lowest BCUT2D eigenvalue weighted by molar-refractivity contribution is 0.0437. The molecule has 3 heterocycles. The van der Waals surface area contributed by atoms with Gasteiger partial charge in [-0.05, 0) is 43.1 Å². The molecular weight excluding hydrogens is 468 g/mol. The Labute approximate surface area is 217 Å². The first-order valence-corrected chi connectivity index (χ1v) is 13.2. The van der Waals surface area contributed by atoms with Crippen LogP contribution in [-0.2, 0) is 16.1 Å². The Bertz CT molecular complexity index is 1250. The van der Waals surface area contributed by atoms with E-state index in [-0.39, 0.29) is 12.7 Å². The Hall–Kier alpha value is -3.64. The lowest BCUT2D eigenvalue weighted by Crippen LogP contribution is -2.39. The van der Waals surface area contributed by atoms with Crippen molar-refractivity contribution in [3.63, 3.8) is 0 Å². The van der Waals surface area contributed by atoms with Crippen molar-refractivity contribution in [1.82, 2.24) is 24.4 Å². The molecule has 2 aromatic heterocycles. The van der Waals surface area contributed by atoms with Gasteiger partial charge in [0.25, 0.3) is 0 Å². The third-order valence-electron chi connectivity index (χ3n) is 7.19. The normalized spacial score (nSPS) is 16.6. The number of piperidine rings is 1. The van der Waals surface area contributed by atoms with Crippen LogP contribution in [0.15, 0.2) is 36.7 Å². The number of nitrogens with zero attached hydrogens (tertiary/aromatic N) is 5. The van der Waals surface area contributed by atoms with E-state index in [1.165, 1.54) is 12.8 Å². The van der Waals surface area contributed by atoms with Crippen LogP contribution >= 0.6 is 0 Å². The molecule has 0 spiro atoms. The minimum Gasteiger partial charge on any atom is -0.447 e. The third kappa shape index (κ3) is 6.38. The topological polar surface area (TPSA) is 108 Å². The molecule has 1 aromatic carbocycles. The van der Waals surface area contributed by atoms with Crippen molar-refractivity contribution >= 4 is 23.1 Å². The number of anilines is 1. The predicted octanol–water partition coefficient (Wildman–Crippen LogP) is 4.33. The highest BCUT2D eigenvalue weighted by atomic mass is 16.6. The minimum absolute atomic E-state index is 0.254. The molecule has 37 heavy (non-hydrogen) atoms. The van der Waals surface area contributed by atoms with Crippen molar-refractivity contribution < 1.29 is 14.3 Å². The van der Waals surface area contributed by atoms with Gasteiger partial charge in [0.15, 0.2) is 11.5 Å². The number of hydrogen-bond acceptors (Lipinski definition) is 7. The summed E-state index contributed by atoms with van der Waals surface area (Å²) in [5, 5.41) is 0. The smallest absolute Gasteiger partial charge is 0.409 e. The van der Waals surface area contributed by atoms with E-state index in [1.807, 2.05) is 36.7 Å². The second-order valence-corrected chi connectivity index (χ2v) is 9.78. The molecule has 0 atom stereocenters. The minimum atomic E-state index is -0.274. The summed E-state index contributed by atoms with van der Waals surface area (Å²) in [7, 11) is 0. The SMILES string of the molecule is Nc1nc(C#CCC2CCN(C(=O)OCCOCc3ccccc3)CC2)nc2c1ncn2C1CCCC1. The first kappa shape index (κ1) is 25.0. The first-order valence-electron chi connectivity index (χ1n) is 13.2. The zero-order valence-electron chi connectivity index (χ0n) is 21.1. The van der Waals surface area contributed by atoms with Gasteiger partial charge in [0, 0.05) is 25.6 Å². The Morgan fingerprint density at radius 2 is 1.84 bits per heavy atom. The van der Waals surface area contributed by atoms with Crippen molar-refractivity contribution in [2.75, 3.05) is 32.0 Å². The molecule has 1 saturated heterocycles. The predicted molar refractivity (Wildman–Crippen MR) is 140 cm³/mol. The third-order valence-corrected chi connectivity index (χ3v) is 7.19. The number of aromatic nitrogens is 4. The number of likely N-dealkylation sites (tertiary alicyclic amines) is 1. The van der Waals surface area contributed by atoms with Gasteiger partial charge in [0.05, 0.1) is 19.5 Å². The number of hydrogen-bond donors (Lipinski definition) is 1. The fraction of sp³-hybridized carbons (Fsp3) is 0.500. The molecule has 2 N–H and O–H groups in total. The zero-order valence-corrected chi connectivity index (χ0v) is 21.1. The Kier molecular flexibility index (Phi) is 8.16. The molecular formula is C28H34N6O3. The van der Waals surface area contributed by atoms with E-state index in [9.17, 15) is 4.79 Å². The summed E-state index contributed by atoms with van der Waals surface area (Å²) in [5.41, 5.74) is 8.69. The highest BCUT2D eigenvalue weighted by Gasteiger charge is 2.23. The number of carbonyl (C=O) groups is 1. The summed E-state index contributed by atoms with van der Waals surface area (Å²) in [6.07, 6.45) is 8.84.